The lowest BCUT2D eigenvalue weighted by atomic mass is 10.2. The number of carbonyl (C=O) groups excluding carboxylic acids is 1. The maximum absolute atomic E-state index is 12.9. The predicted molar refractivity (Wildman–Crippen MR) is 109 cm³/mol. The number of ether oxygens (including phenoxy) is 4. The second-order valence-corrected chi connectivity index (χ2v) is 8.08. The number of nitrogens with one attached hydrogen (secondary N) is 1. The molecule has 7 nitrogen and oxygen atoms in total. The highest BCUT2D eigenvalue weighted by Gasteiger charge is 2.27. The molecule has 0 aromatic heterocycles. The third-order valence-electron chi connectivity index (χ3n) is 5.75. The fraction of sp³-hybridized carbons (Fsp3) is 0.682. The molecule has 3 aliphatic rings. The molecule has 7 heteroatoms. The van der Waals surface area contributed by atoms with E-state index in [9.17, 15) is 4.79 Å². The summed E-state index contributed by atoms with van der Waals surface area (Å²) in [6, 6.07) is 7.41. The van der Waals surface area contributed by atoms with Gasteiger partial charge in [-0.1, -0.05) is 0 Å². The molecule has 0 radical (unpaired) electrons. The average Bonchev–Trinajstić information content (AvgIpc) is 3.51. The highest BCUT2D eigenvalue weighted by molar-refractivity contribution is 5.89. The van der Waals surface area contributed by atoms with Gasteiger partial charge in [0.05, 0.1) is 18.3 Å². The van der Waals surface area contributed by atoms with Crippen molar-refractivity contribution in [2.24, 2.45) is 0 Å². The van der Waals surface area contributed by atoms with Gasteiger partial charge in [0.2, 0.25) is 0 Å². The molecule has 3 heterocycles. The Kier molecular flexibility index (Phi) is 7.24. The zero-order chi connectivity index (χ0) is 19.9. The Morgan fingerprint density at radius 1 is 0.897 bits per heavy atom. The minimum atomic E-state index is -0.107. The summed E-state index contributed by atoms with van der Waals surface area (Å²) in [5, 5.41) is 3.01. The molecule has 3 atom stereocenters. The van der Waals surface area contributed by atoms with Crippen molar-refractivity contribution in [1.82, 2.24) is 4.90 Å². The van der Waals surface area contributed by atoms with Gasteiger partial charge >= 0.3 is 6.03 Å². The average molecular weight is 405 g/mol. The number of anilines is 1. The van der Waals surface area contributed by atoms with E-state index in [0.717, 1.165) is 69.8 Å². The lowest BCUT2D eigenvalue weighted by Gasteiger charge is -2.28. The number of nitrogens with zero attached hydrogens (tertiary/aromatic N) is 1. The van der Waals surface area contributed by atoms with E-state index in [4.69, 9.17) is 18.9 Å². The van der Waals surface area contributed by atoms with Crippen LogP contribution in [-0.4, -0.2) is 68.8 Å². The van der Waals surface area contributed by atoms with Gasteiger partial charge in [0.15, 0.2) is 0 Å². The maximum Gasteiger partial charge on any atom is 0.322 e. The molecule has 3 fully saturated rings. The molecule has 1 aromatic rings. The second-order valence-electron chi connectivity index (χ2n) is 8.08. The van der Waals surface area contributed by atoms with E-state index in [1.165, 1.54) is 0 Å². The first kappa shape index (κ1) is 20.4. The largest absolute Gasteiger partial charge is 0.491 e. The van der Waals surface area contributed by atoms with Crippen LogP contribution < -0.4 is 10.1 Å². The summed E-state index contributed by atoms with van der Waals surface area (Å²) < 4.78 is 22.9. The number of benzene rings is 1. The molecule has 0 spiro atoms. The van der Waals surface area contributed by atoms with Crippen LogP contribution in [0.5, 0.6) is 5.75 Å². The Balaban J connectivity index is 1.30. The van der Waals surface area contributed by atoms with Crippen molar-refractivity contribution in [3.05, 3.63) is 24.3 Å². The quantitative estimate of drug-likeness (QED) is 0.719. The predicted octanol–water partition coefficient (Wildman–Crippen LogP) is 3.44. The number of urea groups is 1. The summed E-state index contributed by atoms with van der Waals surface area (Å²) in [5.74, 6) is 0.786. The van der Waals surface area contributed by atoms with Crippen molar-refractivity contribution in [1.29, 1.82) is 0 Å². The highest BCUT2D eigenvalue weighted by Crippen LogP contribution is 2.21. The van der Waals surface area contributed by atoms with E-state index in [2.05, 4.69) is 5.32 Å². The summed E-state index contributed by atoms with van der Waals surface area (Å²) in [6.45, 7) is 4.18. The maximum atomic E-state index is 12.9. The van der Waals surface area contributed by atoms with Crippen molar-refractivity contribution in [2.45, 2.75) is 56.8 Å². The Bertz CT molecular complexity index is 617. The lowest BCUT2D eigenvalue weighted by Crippen LogP contribution is -2.44. The first-order chi connectivity index (χ1) is 14.3. The van der Waals surface area contributed by atoms with Crippen LogP contribution in [0.1, 0.15) is 38.5 Å². The number of rotatable bonds is 8. The SMILES string of the molecule is O=C(Nc1ccc(OCC2CCCO2)cc1)N(CC1CCCO1)CC1CCCO1. The van der Waals surface area contributed by atoms with E-state index >= 15 is 0 Å². The minimum Gasteiger partial charge on any atom is -0.491 e. The molecular formula is C22H32N2O5. The third kappa shape index (κ3) is 6.07. The van der Waals surface area contributed by atoms with Crippen molar-refractivity contribution in [3.63, 3.8) is 0 Å². The van der Waals surface area contributed by atoms with Gasteiger partial charge in [0.1, 0.15) is 12.4 Å². The number of hydrogen-bond acceptors (Lipinski definition) is 5. The monoisotopic (exact) mass is 404 g/mol. The zero-order valence-electron chi connectivity index (χ0n) is 17.0. The molecule has 4 rings (SSSR count). The first-order valence-electron chi connectivity index (χ1n) is 10.9. The molecular weight excluding hydrogens is 372 g/mol. The van der Waals surface area contributed by atoms with Gasteiger partial charge in [0.25, 0.3) is 0 Å². The summed E-state index contributed by atoms with van der Waals surface area (Å²) in [5.41, 5.74) is 0.754. The zero-order valence-corrected chi connectivity index (χ0v) is 17.0. The Labute approximate surface area is 172 Å². The van der Waals surface area contributed by atoms with Gasteiger partial charge in [-0.15, -0.1) is 0 Å². The number of hydrogen-bond donors (Lipinski definition) is 1. The fourth-order valence-corrected chi connectivity index (χ4v) is 4.11. The molecule has 2 amide bonds. The van der Waals surface area contributed by atoms with Crippen LogP contribution >= 0.6 is 0 Å². The third-order valence-corrected chi connectivity index (χ3v) is 5.75. The van der Waals surface area contributed by atoms with Gasteiger partial charge in [-0.2, -0.15) is 0 Å². The first-order valence-corrected chi connectivity index (χ1v) is 10.9. The molecule has 29 heavy (non-hydrogen) atoms. The van der Waals surface area contributed by atoms with Gasteiger partial charge in [-0.25, -0.2) is 4.79 Å². The van der Waals surface area contributed by atoms with Crippen LogP contribution in [0, 0.1) is 0 Å². The molecule has 3 unspecified atom stereocenters. The number of amides is 2. The number of carbonyl (C=O) groups is 1. The highest BCUT2D eigenvalue weighted by atomic mass is 16.5. The second kappa shape index (κ2) is 10.3. The van der Waals surface area contributed by atoms with E-state index in [1.807, 2.05) is 29.2 Å². The Morgan fingerprint density at radius 3 is 1.97 bits per heavy atom. The fourth-order valence-electron chi connectivity index (χ4n) is 4.11. The lowest BCUT2D eigenvalue weighted by molar-refractivity contribution is 0.0524. The van der Waals surface area contributed by atoms with Crippen molar-refractivity contribution in [2.75, 3.05) is 44.8 Å². The summed E-state index contributed by atoms with van der Waals surface area (Å²) >= 11 is 0. The molecule has 160 valence electrons. The molecule has 1 aromatic carbocycles. The topological polar surface area (TPSA) is 69.3 Å². The summed E-state index contributed by atoms with van der Waals surface area (Å²) in [4.78, 5) is 14.8. The molecule has 1 N–H and O–H groups in total. The summed E-state index contributed by atoms with van der Waals surface area (Å²) in [7, 11) is 0. The molecule has 0 aliphatic carbocycles. The van der Waals surface area contributed by atoms with Crippen molar-refractivity contribution >= 4 is 11.7 Å². The van der Waals surface area contributed by atoms with Crippen LogP contribution in [0.25, 0.3) is 0 Å². The van der Waals surface area contributed by atoms with Crippen LogP contribution in [-0.2, 0) is 14.2 Å². The van der Waals surface area contributed by atoms with E-state index in [1.54, 1.807) is 0 Å². The van der Waals surface area contributed by atoms with E-state index < -0.39 is 0 Å². The smallest absolute Gasteiger partial charge is 0.322 e. The van der Waals surface area contributed by atoms with Gasteiger partial charge in [0, 0.05) is 38.6 Å². The summed E-state index contributed by atoms with van der Waals surface area (Å²) in [6.07, 6.45) is 6.73. The van der Waals surface area contributed by atoms with E-state index in [-0.39, 0.29) is 24.3 Å². The Morgan fingerprint density at radius 2 is 1.45 bits per heavy atom. The Hall–Kier alpha value is -1.83. The standard InChI is InChI=1S/C22H32N2O5/c25-22(24(14-19-4-1-11-26-19)15-20-5-2-12-27-20)23-17-7-9-18(10-8-17)29-16-21-6-3-13-28-21/h7-10,19-21H,1-6,11-16H2,(H,23,25). The normalized spacial score (nSPS) is 26.6. The van der Waals surface area contributed by atoms with Crippen LogP contribution in [0.3, 0.4) is 0 Å². The van der Waals surface area contributed by atoms with Crippen LogP contribution in [0.15, 0.2) is 24.3 Å². The molecule has 0 saturated carbocycles. The minimum absolute atomic E-state index is 0.107. The molecule has 0 bridgehead atoms. The van der Waals surface area contributed by atoms with Gasteiger partial charge in [-0.05, 0) is 62.8 Å². The molecule has 3 saturated heterocycles. The van der Waals surface area contributed by atoms with Gasteiger partial charge in [-0.3, -0.25) is 0 Å². The van der Waals surface area contributed by atoms with Crippen LogP contribution in [0.4, 0.5) is 10.5 Å². The van der Waals surface area contributed by atoms with Crippen LogP contribution in [0.2, 0.25) is 0 Å². The van der Waals surface area contributed by atoms with Crippen molar-refractivity contribution < 1.29 is 23.7 Å². The van der Waals surface area contributed by atoms with Crippen molar-refractivity contribution in [3.8, 4) is 5.75 Å². The molecule has 3 aliphatic heterocycles. The van der Waals surface area contributed by atoms with E-state index in [0.29, 0.717) is 19.7 Å². The van der Waals surface area contributed by atoms with Gasteiger partial charge < -0.3 is 29.2 Å².